The van der Waals surface area contributed by atoms with Crippen LogP contribution in [0.25, 0.3) is 10.9 Å². The Balaban J connectivity index is 0.00000121. The van der Waals surface area contributed by atoms with Gasteiger partial charge in [0, 0.05) is 18.5 Å². The smallest absolute Gasteiger partial charge is 0.129 e. The van der Waals surface area contributed by atoms with Crippen LogP contribution in [-0.2, 0) is 4.74 Å². The predicted molar refractivity (Wildman–Crippen MR) is 113 cm³/mol. The zero-order valence-corrected chi connectivity index (χ0v) is 17.4. The van der Waals surface area contributed by atoms with E-state index in [0.717, 1.165) is 57.0 Å². The second-order valence-corrected chi connectivity index (χ2v) is 7.40. The summed E-state index contributed by atoms with van der Waals surface area (Å²) >= 11 is 0. The first-order valence-electron chi connectivity index (χ1n) is 9.05. The Morgan fingerprint density at radius 2 is 1.81 bits per heavy atom. The fraction of sp³-hybridized carbons (Fsp3) is 0.550. The number of nitrogens with zero attached hydrogens (tertiary/aromatic N) is 2. The third-order valence-corrected chi connectivity index (χ3v) is 5.79. The van der Waals surface area contributed by atoms with Gasteiger partial charge in [0.15, 0.2) is 0 Å². The first-order chi connectivity index (χ1) is 11.6. The van der Waals surface area contributed by atoms with Gasteiger partial charge in [0.05, 0.1) is 17.7 Å². The molecule has 1 N–H and O–H groups in total. The second kappa shape index (κ2) is 8.30. The summed E-state index contributed by atoms with van der Waals surface area (Å²) in [4.78, 5) is 7.49. The standard InChI is InChI=1S/C20H27N3O.2ClH/c1-14-4-5-17-15(2)12-18(22-19(17)16(14)3)23-10-11-24-20(13-23)6-8-21-9-7-20;;/h4-5,12,21H,6-11,13H2,1-3H3;2*1H. The molecule has 4 rings (SSSR count). The summed E-state index contributed by atoms with van der Waals surface area (Å²) in [6, 6.07) is 6.65. The van der Waals surface area contributed by atoms with Gasteiger partial charge in [0.25, 0.3) is 0 Å². The molecule has 26 heavy (non-hydrogen) atoms. The van der Waals surface area contributed by atoms with Crippen molar-refractivity contribution in [2.75, 3.05) is 37.7 Å². The minimum absolute atomic E-state index is 0. The Hall–Kier alpha value is -1.07. The van der Waals surface area contributed by atoms with Gasteiger partial charge in [-0.15, -0.1) is 24.8 Å². The lowest BCUT2D eigenvalue weighted by Gasteiger charge is -2.45. The van der Waals surface area contributed by atoms with E-state index in [1.807, 2.05) is 0 Å². The van der Waals surface area contributed by atoms with Crippen LogP contribution in [0.15, 0.2) is 18.2 Å². The van der Waals surface area contributed by atoms with Gasteiger partial charge in [-0.2, -0.15) is 0 Å². The van der Waals surface area contributed by atoms with Gasteiger partial charge in [-0.05, 0) is 69.5 Å². The molecule has 1 aromatic heterocycles. The Morgan fingerprint density at radius 3 is 2.54 bits per heavy atom. The number of nitrogens with one attached hydrogen (secondary N) is 1. The van der Waals surface area contributed by atoms with Crippen LogP contribution < -0.4 is 10.2 Å². The molecule has 2 aliphatic rings. The number of aromatic nitrogens is 1. The number of anilines is 1. The minimum atomic E-state index is 0. The fourth-order valence-corrected chi connectivity index (χ4v) is 4.07. The first kappa shape index (κ1) is 21.2. The van der Waals surface area contributed by atoms with Gasteiger partial charge in [-0.3, -0.25) is 0 Å². The Bertz CT molecular complexity index is 770. The zero-order valence-electron chi connectivity index (χ0n) is 15.8. The zero-order chi connectivity index (χ0) is 16.7. The maximum atomic E-state index is 6.21. The summed E-state index contributed by atoms with van der Waals surface area (Å²) in [5.41, 5.74) is 5.07. The average Bonchev–Trinajstić information content (AvgIpc) is 2.59. The van der Waals surface area contributed by atoms with Crippen molar-refractivity contribution < 1.29 is 4.74 Å². The van der Waals surface area contributed by atoms with Crippen molar-refractivity contribution in [2.24, 2.45) is 0 Å². The van der Waals surface area contributed by atoms with Crippen LogP contribution in [0, 0.1) is 20.8 Å². The summed E-state index contributed by atoms with van der Waals surface area (Å²) in [5, 5.41) is 4.71. The fourth-order valence-electron chi connectivity index (χ4n) is 4.07. The highest BCUT2D eigenvalue weighted by atomic mass is 35.5. The molecule has 2 aromatic rings. The summed E-state index contributed by atoms with van der Waals surface area (Å²) in [6.07, 6.45) is 2.18. The molecule has 2 fully saturated rings. The molecule has 0 atom stereocenters. The summed E-state index contributed by atoms with van der Waals surface area (Å²) in [7, 11) is 0. The van der Waals surface area contributed by atoms with Crippen molar-refractivity contribution in [2.45, 2.75) is 39.2 Å². The molecule has 0 amide bonds. The number of aryl methyl sites for hydroxylation is 3. The van der Waals surface area contributed by atoms with Crippen molar-refractivity contribution in [1.82, 2.24) is 10.3 Å². The van der Waals surface area contributed by atoms with Crippen LogP contribution >= 0.6 is 24.8 Å². The largest absolute Gasteiger partial charge is 0.371 e. The Labute approximate surface area is 168 Å². The van der Waals surface area contributed by atoms with Crippen LogP contribution in [-0.4, -0.2) is 43.4 Å². The summed E-state index contributed by atoms with van der Waals surface area (Å²) in [5.74, 6) is 1.11. The monoisotopic (exact) mass is 397 g/mol. The van der Waals surface area contributed by atoms with E-state index >= 15 is 0 Å². The maximum absolute atomic E-state index is 6.21. The lowest BCUT2D eigenvalue weighted by atomic mass is 9.90. The van der Waals surface area contributed by atoms with E-state index in [-0.39, 0.29) is 30.4 Å². The number of morpholine rings is 1. The van der Waals surface area contributed by atoms with Gasteiger partial charge < -0.3 is 15.0 Å². The van der Waals surface area contributed by atoms with Gasteiger partial charge in [0.1, 0.15) is 5.82 Å². The molecular weight excluding hydrogens is 369 g/mol. The number of halogens is 2. The van der Waals surface area contributed by atoms with Crippen molar-refractivity contribution in [1.29, 1.82) is 0 Å². The summed E-state index contributed by atoms with van der Waals surface area (Å²) in [6.45, 7) is 11.3. The van der Waals surface area contributed by atoms with E-state index in [0.29, 0.717) is 0 Å². The Morgan fingerprint density at radius 1 is 1.08 bits per heavy atom. The van der Waals surface area contributed by atoms with Crippen LogP contribution in [0.3, 0.4) is 0 Å². The van der Waals surface area contributed by atoms with Crippen molar-refractivity contribution >= 4 is 41.5 Å². The van der Waals surface area contributed by atoms with Gasteiger partial charge in [0.2, 0.25) is 0 Å². The quantitative estimate of drug-likeness (QED) is 0.789. The van der Waals surface area contributed by atoms with Crippen molar-refractivity contribution in [3.8, 4) is 0 Å². The third kappa shape index (κ3) is 3.79. The predicted octanol–water partition coefficient (Wildman–Crippen LogP) is 3.96. The second-order valence-electron chi connectivity index (χ2n) is 7.40. The van der Waals surface area contributed by atoms with E-state index in [4.69, 9.17) is 9.72 Å². The molecule has 4 nitrogen and oxygen atoms in total. The molecule has 0 unspecified atom stereocenters. The maximum Gasteiger partial charge on any atom is 0.129 e. The molecule has 0 aliphatic carbocycles. The average molecular weight is 398 g/mol. The van der Waals surface area contributed by atoms with Crippen molar-refractivity contribution in [3.63, 3.8) is 0 Å². The van der Waals surface area contributed by atoms with Crippen LogP contribution in [0.4, 0.5) is 5.82 Å². The van der Waals surface area contributed by atoms with Crippen LogP contribution in [0.2, 0.25) is 0 Å². The topological polar surface area (TPSA) is 37.4 Å². The first-order valence-corrected chi connectivity index (χ1v) is 9.05. The molecule has 2 aliphatic heterocycles. The molecular formula is C20H29Cl2N3O. The SMILES string of the molecule is Cc1ccc2c(C)cc(N3CCOC4(CCNCC4)C3)nc2c1C.Cl.Cl. The minimum Gasteiger partial charge on any atom is -0.371 e. The van der Waals surface area contributed by atoms with Gasteiger partial charge >= 0.3 is 0 Å². The highest BCUT2D eigenvalue weighted by Gasteiger charge is 2.38. The molecule has 1 aromatic carbocycles. The molecule has 0 saturated carbocycles. The lowest BCUT2D eigenvalue weighted by Crippen LogP contribution is -2.56. The highest BCUT2D eigenvalue weighted by molar-refractivity contribution is 5.87. The van der Waals surface area contributed by atoms with E-state index in [1.54, 1.807) is 0 Å². The van der Waals surface area contributed by atoms with E-state index in [1.165, 1.54) is 22.1 Å². The van der Waals surface area contributed by atoms with Crippen molar-refractivity contribution in [3.05, 3.63) is 34.9 Å². The molecule has 0 bridgehead atoms. The number of hydrogen-bond acceptors (Lipinski definition) is 4. The van der Waals surface area contributed by atoms with E-state index in [9.17, 15) is 0 Å². The number of benzene rings is 1. The molecule has 2 saturated heterocycles. The molecule has 6 heteroatoms. The van der Waals surface area contributed by atoms with Gasteiger partial charge in [-0.1, -0.05) is 12.1 Å². The molecule has 3 heterocycles. The lowest BCUT2D eigenvalue weighted by molar-refractivity contribution is -0.0740. The number of ether oxygens (including phenoxy) is 1. The normalized spacial score (nSPS) is 19.1. The molecule has 1 spiro atoms. The molecule has 0 radical (unpaired) electrons. The van der Waals surface area contributed by atoms with Gasteiger partial charge in [-0.25, -0.2) is 4.98 Å². The van der Waals surface area contributed by atoms with Crippen LogP contribution in [0.5, 0.6) is 0 Å². The van der Waals surface area contributed by atoms with E-state index < -0.39 is 0 Å². The van der Waals surface area contributed by atoms with Crippen LogP contribution in [0.1, 0.15) is 29.5 Å². The molecule has 144 valence electrons. The van der Waals surface area contributed by atoms with E-state index in [2.05, 4.69) is 49.2 Å². The number of piperidine rings is 1. The number of hydrogen-bond donors (Lipinski definition) is 1. The number of pyridine rings is 1. The summed E-state index contributed by atoms with van der Waals surface area (Å²) < 4.78 is 6.21. The Kier molecular flexibility index (Phi) is 6.78. The third-order valence-electron chi connectivity index (χ3n) is 5.79. The number of rotatable bonds is 1. The number of fused-ring (bicyclic) bond motifs is 1. The highest BCUT2D eigenvalue weighted by Crippen LogP contribution is 2.32.